The second-order valence-electron chi connectivity index (χ2n) is 8.44. The molecule has 0 aromatic heterocycles. The van der Waals surface area contributed by atoms with Gasteiger partial charge < -0.3 is 19.7 Å². The Labute approximate surface area is 153 Å². The largest absolute Gasteiger partial charge is 0.444 e. The van der Waals surface area contributed by atoms with Crippen molar-refractivity contribution in [3.8, 4) is 0 Å². The molecule has 2 aliphatic rings. The van der Waals surface area contributed by atoms with Crippen LogP contribution in [0.25, 0.3) is 0 Å². The third-order valence-electron chi connectivity index (χ3n) is 5.32. The fourth-order valence-electron chi connectivity index (χ4n) is 4.26. The smallest absolute Gasteiger partial charge is 0.410 e. The maximum absolute atomic E-state index is 12.7. The molecule has 0 radical (unpaired) electrons. The van der Waals surface area contributed by atoms with Crippen molar-refractivity contribution < 1.29 is 14.3 Å². The molecule has 0 aromatic carbocycles. The summed E-state index contributed by atoms with van der Waals surface area (Å²) in [4.78, 5) is 14.7. The Morgan fingerprint density at radius 3 is 2.68 bits per heavy atom. The van der Waals surface area contributed by atoms with Crippen molar-refractivity contribution in [2.45, 2.75) is 90.3 Å². The first-order valence-corrected chi connectivity index (χ1v) is 10.2. The number of piperidine rings is 1. The summed E-state index contributed by atoms with van der Waals surface area (Å²) in [6, 6.07) is 0.852. The van der Waals surface area contributed by atoms with Crippen LogP contribution in [0.2, 0.25) is 0 Å². The van der Waals surface area contributed by atoms with Gasteiger partial charge in [-0.15, -0.1) is 0 Å². The number of hydrogen-bond donors (Lipinski definition) is 1. The van der Waals surface area contributed by atoms with Crippen LogP contribution in [-0.4, -0.2) is 55.0 Å². The summed E-state index contributed by atoms with van der Waals surface area (Å²) < 4.78 is 11.1. The van der Waals surface area contributed by atoms with Crippen LogP contribution >= 0.6 is 0 Å². The average Bonchev–Trinajstić information content (AvgIpc) is 3.01. The van der Waals surface area contributed by atoms with Crippen molar-refractivity contribution in [2.75, 3.05) is 26.3 Å². The van der Waals surface area contributed by atoms with Crippen LogP contribution < -0.4 is 5.32 Å². The van der Waals surface area contributed by atoms with E-state index < -0.39 is 5.60 Å². The third kappa shape index (κ3) is 6.45. The quantitative estimate of drug-likeness (QED) is 0.703. The predicted molar refractivity (Wildman–Crippen MR) is 101 cm³/mol. The van der Waals surface area contributed by atoms with Gasteiger partial charge in [-0.25, -0.2) is 4.79 Å². The SMILES string of the molecule is CCOCCCNC1CCCC1C1CCCCN1C(=O)OC(C)(C)C. The molecule has 2 fully saturated rings. The lowest BCUT2D eigenvalue weighted by Crippen LogP contribution is -2.52. The predicted octanol–water partition coefficient (Wildman–Crippen LogP) is 3.96. The van der Waals surface area contributed by atoms with Gasteiger partial charge in [0, 0.05) is 31.8 Å². The van der Waals surface area contributed by atoms with E-state index >= 15 is 0 Å². The average molecular weight is 355 g/mol. The van der Waals surface area contributed by atoms with Crippen molar-refractivity contribution in [3.05, 3.63) is 0 Å². The molecule has 5 nitrogen and oxygen atoms in total. The molecule has 2 rings (SSSR count). The summed E-state index contributed by atoms with van der Waals surface area (Å²) >= 11 is 0. The second kappa shape index (κ2) is 9.77. The van der Waals surface area contributed by atoms with Crippen LogP contribution in [0.4, 0.5) is 4.79 Å². The minimum Gasteiger partial charge on any atom is -0.444 e. The van der Waals surface area contributed by atoms with E-state index in [4.69, 9.17) is 9.47 Å². The normalized spacial score (nSPS) is 27.5. The molecule has 0 aromatic rings. The fraction of sp³-hybridized carbons (Fsp3) is 0.950. The number of amides is 1. The van der Waals surface area contributed by atoms with Gasteiger partial charge in [0.1, 0.15) is 5.60 Å². The first-order chi connectivity index (χ1) is 11.9. The van der Waals surface area contributed by atoms with Gasteiger partial charge in [-0.2, -0.15) is 0 Å². The summed E-state index contributed by atoms with van der Waals surface area (Å²) in [5.41, 5.74) is -0.425. The Morgan fingerprint density at radius 1 is 1.16 bits per heavy atom. The van der Waals surface area contributed by atoms with E-state index in [0.717, 1.165) is 45.6 Å². The van der Waals surface area contributed by atoms with E-state index in [-0.39, 0.29) is 6.09 Å². The number of nitrogens with one attached hydrogen (secondary N) is 1. The van der Waals surface area contributed by atoms with Crippen LogP contribution in [0.15, 0.2) is 0 Å². The van der Waals surface area contributed by atoms with E-state index in [1.807, 2.05) is 32.6 Å². The number of ether oxygens (including phenoxy) is 2. The van der Waals surface area contributed by atoms with E-state index in [0.29, 0.717) is 18.0 Å². The Hall–Kier alpha value is -0.810. The molecule has 1 heterocycles. The number of likely N-dealkylation sites (tertiary alicyclic amines) is 1. The monoisotopic (exact) mass is 354 g/mol. The van der Waals surface area contributed by atoms with Gasteiger partial charge in [0.15, 0.2) is 0 Å². The van der Waals surface area contributed by atoms with E-state index in [2.05, 4.69) is 5.32 Å². The molecule has 1 aliphatic heterocycles. The first-order valence-electron chi connectivity index (χ1n) is 10.2. The van der Waals surface area contributed by atoms with Crippen LogP contribution in [-0.2, 0) is 9.47 Å². The molecule has 146 valence electrons. The number of hydrogen-bond acceptors (Lipinski definition) is 4. The summed E-state index contributed by atoms with van der Waals surface area (Å²) in [6.45, 7) is 11.3. The van der Waals surface area contributed by atoms with Gasteiger partial charge in [0.25, 0.3) is 0 Å². The second-order valence-corrected chi connectivity index (χ2v) is 8.44. The molecular weight excluding hydrogens is 316 g/mol. The van der Waals surface area contributed by atoms with E-state index in [9.17, 15) is 4.79 Å². The molecule has 0 bridgehead atoms. The molecule has 1 aliphatic carbocycles. The molecule has 1 amide bonds. The third-order valence-corrected chi connectivity index (χ3v) is 5.32. The highest BCUT2D eigenvalue weighted by Gasteiger charge is 2.40. The first kappa shape index (κ1) is 20.5. The summed E-state index contributed by atoms with van der Waals surface area (Å²) in [5.74, 6) is 0.555. The highest BCUT2D eigenvalue weighted by atomic mass is 16.6. The topological polar surface area (TPSA) is 50.8 Å². The van der Waals surface area contributed by atoms with Crippen molar-refractivity contribution in [3.63, 3.8) is 0 Å². The zero-order valence-electron chi connectivity index (χ0n) is 16.7. The Bertz CT molecular complexity index is 408. The molecule has 1 N–H and O–H groups in total. The summed E-state index contributed by atoms with van der Waals surface area (Å²) in [7, 11) is 0. The van der Waals surface area contributed by atoms with Gasteiger partial charge >= 0.3 is 6.09 Å². The number of rotatable bonds is 7. The number of carbonyl (C=O) groups is 1. The highest BCUT2D eigenvalue weighted by molar-refractivity contribution is 5.68. The molecule has 3 atom stereocenters. The van der Waals surface area contributed by atoms with Crippen molar-refractivity contribution in [2.24, 2.45) is 5.92 Å². The lowest BCUT2D eigenvalue weighted by molar-refractivity contribution is -0.000118. The van der Waals surface area contributed by atoms with Crippen molar-refractivity contribution in [1.29, 1.82) is 0 Å². The highest BCUT2D eigenvalue weighted by Crippen LogP contribution is 2.36. The van der Waals surface area contributed by atoms with Gasteiger partial charge in [0.2, 0.25) is 0 Å². The zero-order valence-corrected chi connectivity index (χ0v) is 16.7. The van der Waals surface area contributed by atoms with Gasteiger partial charge in [-0.05, 0) is 78.7 Å². The van der Waals surface area contributed by atoms with Gasteiger partial charge in [-0.1, -0.05) is 6.42 Å². The molecular formula is C20H38N2O3. The van der Waals surface area contributed by atoms with Crippen molar-refractivity contribution >= 4 is 6.09 Å². The zero-order chi connectivity index (χ0) is 18.3. The maximum atomic E-state index is 12.7. The lowest BCUT2D eigenvalue weighted by atomic mass is 9.87. The molecule has 1 saturated heterocycles. The summed E-state index contributed by atoms with van der Waals surface area (Å²) in [6.07, 6.45) is 8.04. The van der Waals surface area contributed by atoms with E-state index in [1.54, 1.807) is 0 Å². The number of nitrogens with zero attached hydrogens (tertiary/aromatic N) is 1. The molecule has 5 heteroatoms. The minimum atomic E-state index is -0.425. The van der Waals surface area contributed by atoms with Crippen LogP contribution in [0.5, 0.6) is 0 Å². The standard InChI is InChI=1S/C20H38N2O3/c1-5-24-15-9-13-21-17-11-8-10-16(17)18-12-6-7-14-22(18)19(23)25-20(2,3)4/h16-18,21H,5-15H2,1-4H3. The molecule has 1 saturated carbocycles. The maximum Gasteiger partial charge on any atom is 0.410 e. The van der Waals surface area contributed by atoms with Gasteiger partial charge in [-0.3, -0.25) is 0 Å². The molecule has 0 spiro atoms. The summed E-state index contributed by atoms with van der Waals surface area (Å²) in [5, 5.41) is 3.74. The number of carbonyl (C=O) groups excluding carboxylic acids is 1. The molecule has 25 heavy (non-hydrogen) atoms. The minimum absolute atomic E-state index is 0.126. The van der Waals surface area contributed by atoms with Crippen LogP contribution in [0.1, 0.15) is 72.6 Å². The fourth-order valence-corrected chi connectivity index (χ4v) is 4.26. The van der Waals surface area contributed by atoms with E-state index in [1.165, 1.54) is 25.7 Å². The lowest BCUT2D eigenvalue weighted by Gasteiger charge is -2.41. The molecule has 3 unspecified atom stereocenters. The Kier molecular flexibility index (Phi) is 8.01. The Morgan fingerprint density at radius 2 is 1.96 bits per heavy atom. The van der Waals surface area contributed by atoms with Crippen molar-refractivity contribution in [1.82, 2.24) is 10.2 Å². The van der Waals surface area contributed by atoms with Gasteiger partial charge in [0.05, 0.1) is 0 Å². The van der Waals surface area contributed by atoms with Crippen LogP contribution in [0, 0.1) is 5.92 Å². The Balaban J connectivity index is 1.91. The van der Waals surface area contributed by atoms with Crippen LogP contribution in [0.3, 0.4) is 0 Å².